The third-order valence-corrected chi connectivity index (χ3v) is 3.00. The molecule has 1 aromatic rings. The van der Waals surface area contributed by atoms with E-state index < -0.39 is 0 Å². The number of benzene rings is 1. The van der Waals surface area contributed by atoms with Gasteiger partial charge in [-0.15, -0.1) is 0 Å². The van der Waals surface area contributed by atoms with E-state index >= 15 is 0 Å². The molecule has 0 fully saturated rings. The number of carbonyl (C=O) groups excluding carboxylic acids is 1. The van der Waals surface area contributed by atoms with Crippen LogP contribution in [-0.4, -0.2) is 29.4 Å². The molecule has 0 unspecified atom stereocenters. The summed E-state index contributed by atoms with van der Waals surface area (Å²) in [7, 11) is 1.76. The van der Waals surface area contributed by atoms with Crippen LogP contribution in [-0.2, 0) is 0 Å². The minimum absolute atomic E-state index is 0.00403. The first-order chi connectivity index (χ1) is 7.91. The summed E-state index contributed by atoms with van der Waals surface area (Å²) in [6.45, 7) is 4.59. The minimum Gasteiger partial charge on any atom is -0.393 e. The summed E-state index contributed by atoms with van der Waals surface area (Å²) in [5.41, 5.74) is 8.44. The summed E-state index contributed by atoms with van der Waals surface area (Å²) < 4.78 is 0. The Balaban J connectivity index is 2.74. The first-order valence-electron chi connectivity index (χ1n) is 5.53. The van der Waals surface area contributed by atoms with E-state index in [1.165, 1.54) is 5.56 Å². The van der Waals surface area contributed by atoms with E-state index in [2.05, 4.69) is 0 Å². The summed E-state index contributed by atoms with van der Waals surface area (Å²) in [6.07, 6.45) is 0.558. The lowest BCUT2D eigenvalue weighted by Gasteiger charge is -2.17. The summed E-state index contributed by atoms with van der Waals surface area (Å²) in [6, 6.07) is 5.72. The second kappa shape index (κ2) is 5.77. The van der Waals surface area contributed by atoms with E-state index in [-0.39, 0.29) is 5.91 Å². The molecule has 0 heterocycles. The van der Waals surface area contributed by atoms with Gasteiger partial charge in [0.15, 0.2) is 0 Å². The molecule has 0 aliphatic carbocycles. The number of nitrogens with zero attached hydrogens (tertiary/aromatic N) is 1. The van der Waals surface area contributed by atoms with Gasteiger partial charge < -0.3 is 10.6 Å². The quantitative estimate of drug-likeness (QED) is 0.832. The molecular formula is C13H18N2OS. The van der Waals surface area contributed by atoms with E-state index in [0.717, 1.165) is 5.56 Å². The van der Waals surface area contributed by atoms with Gasteiger partial charge in [-0.2, -0.15) is 0 Å². The Labute approximate surface area is 108 Å². The molecule has 0 aromatic heterocycles. The van der Waals surface area contributed by atoms with Gasteiger partial charge in [-0.25, -0.2) is 0 Å². The minimum atomic E-state index is 0.00403. The highest BCUT2D eigenvalue weighted by Crippen LogP contribution is 2.11. The van der Waals surface area contributed by atoms with Crippen molar-refractivity contribution >= 4 is 23.1 Å². The lowest BCUT2D eigenvalue weighted by Crippen LogP contribution is -2.30. The van der Waals surface area contributed by atoms with Gasteiger partial charge in [0.05, 0.1) is 4.99 Å². The highest BCUT2D eigenvalue weighted by molar-refractivity contribution is 7.80. The molecule has 17 heavy (non-hydrogen) atoms. The highest BCUT2D eigenvalue weighted by atomic mass is 32.1. The zero-order chi connectivity index (χ0) is 13.0. The first-order valence-corrected chi connectivity index (χ1v) is 5.93. The number of rotatable bonds is 4. The molecule has 92 valence electrons. The van der Waals surface area contributed by atoms with Crippen molar-refractivity contribution in [3.63, 3.8) is 0 Å². The number of thiocarbonyl (C=S) groups is 1. The molecule has 0 bridgehead atoms. The lowest BCUT2D eigenvalue weighted by atomic mass is 10.1. The molecule has 2 N–H and O–H groups in total. The largest absolute Gasteiger partial charge is 0.393 e. The van der Waals surface area contributed by atoms with Crippen molar-refractivity contribution in [1.29, 1.82) is 0 Å². The Bertz CT molecular complexity index is 443. The standard InChI is InChI=1S/C13H18N2OS/c1-9-4-5-11(8-10(9)2)13(16)15(3)7-6-12(14)17/h4-5,8H,6-7H2,1-3H3,(H2,14,17). The summed E-state index contributed by atoms with van der Waals surface area (Å²) in [5.74, 6) is 0.00403. The van der Waals surface area contributed by atoms with Gasteiger partial charge in [-0.1, -0.05) is 18.3 Å². The third kappa shape index (κ3) is 3.82. The van der Waals surface area contributed by atoms with Crippen LogP contribution in [0.3, 0.4) is 0 Å². The number of hydrogen-bond donors (Lipinski definition) is 1. The Morgan fingerprint density at radius 3 is 2.53 bits per heavy atom. The number of hydrogen-bond acceptors (Lipinski definition) is 2. The fourth-order valence-corrected chi connectivity index (χ4v) is 1.57. The lowest BCUT2D eigenvalue weighted by molar-refractivity contribution is 0.0799. The van der Waals surface area contributed by atoms with Crippen LogP contribution in [0.4, 0.5) is 0 Å². The van der Waals surface area contributed by atoms with Crippen LogP contribution >= 0.6 is 12.2 Å². The molecule has 3 nitrogen and oxygen atoms in total. The van der Waals surface area contributed by atoms with Crippen LogP contribution in [0.15, 0.2) is 18.2 Å². The van der Waals surface area contributed by atoms with Gasteiger partial charge in [0.1, 0.15) is 0 Å². The third-order valence-electron chi connectivity index (χ3n) is 2.79. The van der Waals surface area contributed by atoms with Crippen LogP contribution in [0.5, 0.6) is 0 Å². The topological polar surface area (TPSA) is 46.3 Å². The molecule has 0 atom stereocenters. The average Bonchev–Trinajstić information content (AvgIpc) is 2.28. The first kappa shape index (κ1) is 13.6. The molecule has 1 aromatic carbocycles. The molecule has 0 aliphatic heterocycles. The van der Waals surface area contributed by atoms with Crippen molar-refractivity contribution in [1.82, 2.24) is 4.90 Å². The maximum atomic E-state index is 12.1. The Hall–Kier alpha value is -1.42. The predicted molar refractivity (Wildman–Crippen MR) is 74.3 cm³/mol. The Kier molecular flexibility index (Phi) is 4.63. The normalized spacial score (nSPS) is 10.1. The zero-order valence-corrected chi connectivity index (χ0v) is 11.3. The SMILES string of the molecule is Cc1ccc(C(=O)N(C)CCC(N)=S)cc1C. The molecule has 0 saturated carbocycles. The second-order valence-electron chi connectivity index (χ2n) is 4.24. The van der Waals surface area contributed by atoms with Gasteiger partial charge in [-0.3, -0.25) is 4.79 Å². The van der Waals surface area contributed by atoms with Crippen molar-refractivity contribution in [2.45, 2.75) is 20.3 Å². The van der Waals surface area contributed by atoms with E-state index in [9.17, 15) is 4.79 Å². The van der Waals surface area contributed by atoms with Crippen molar-refractivity contribution in [2.75, 3.05) is 13.6 Å². The van der Waals surface area contributed by atoms with Crippen LogP contribution < -0.4 is 5.73 Å². The average molecular weight is 250 g/mol. The molecule has 0 spiro atoms. The Morgan fingerprint density at radius 2 is 2.00 bits per heavy atom. The van der Waals surface area contributed by atoms with E-state index in [1.807, 2.05) is 32.0 Å². The van der Waals surface area contributed by atoms with Crippen molar-refractivity contribution in [3.8, 4) is 0 Å². The van der Waals surface area contributed by atoms with E-state index in [4.69, 9.17) is 18.0 Å². The van der Waals surface area contributed by atoms with Crippen LogP contribution in [0, 0.1) is 13.8 Å². The van der Waals surface area contributed by atoms with Gasteiger partial charge in [0.2, 0.25) is 0 Å². The molecule has 1 rings (SSSR count). The molecule has 0 radical (unpaired) electrons. The predicted octanol–water partition coefficient (Wildman–Crippen LogP) is 2.05. The maximum absolute atomic E-state index is 12.1. The number of nitrogens with two attached hydrogens (primary N) is 1. The molecule has 4 heteroatoms. The molecule has 1 amide bonds. The molecule has 0 aliphatic rings. The van der Waals surface area contributed by atoms with Crippen LogP contribution in [0.25, 0.3) is 0 Å². The van der Waals surface area contributed by atoms with Crippen molar-refractivity contribution in [2.24, 2.45) is 5.73 Å². The Morgan fingerprint density at radius 1 is 1.35 bits per heavy atom. The monoisotopic (exact) mass is 250 g/mol. The summed E-state index contributed by atoms with van der Waals surface area (Å²) in [4.78, 5) is 14.1. The zero-order valence-electron chi connectivity index (χ0n) is 10.5. The maximum Gasteiger partial charge on any atom is 0.253 e. The van der Waals surface area contributed by atoms with Crippen LogP contribution in [0.2, 0.25) is 0 Å². The number of aryl methyl sites for hydroxylation is 2. The van der Waals surface area contributed by atoms with Gasteiger partial charge in [-0.05, 0) is 37.1 Å². The smallest absolute Gasteiger partial charge is 0.253 e. The summed E-state index contributed by atoms with van der Waals surface area (Å²) in [5, 5.41) is 0. The second-order valence-corrected chi connectivity index (χ2v) is 4.77. The fraction of sp³-hybridized carbons (Fsp3) is 0.385. The van der Waals surface area contributed by atoms with Gasteiger partial charge in [0.25, 0.3) is 5.91 Å². The highest BCUT2D eigenvalue weighted by Gasteiger charge is 2.12. The van der Waals surface area contributed by atoms with Gasteiger partial charge >= 0.3 is 0 Å². The fourth-order valence-electron chi connectivity index (χ4n) is 1.47. The van der Waals surface area contributed by atoms with Crippen molar-refractivity contribution in [3.05, 3.63) is 34.9 Å². The number of amides is 1. The number of carbonyl (C=O) groups is 1. The van der Waals surface area contributed by atoms with Gasteiger partial charge in [0, 0.05) is 25.6 Å². The van der Waals surface area contributed by atoms with E-state index in [0.29, 0.717) is 23.5 Å². The van der Waals surface area contributed by atoms with E-state index in [1.54, 1.807) is 11.9 Å². The molecule has 0 saturated heterocycles. The van der Waals surface area contributed by atoms with Crippen molar-refractivity contribution < 1.29 is 4.79 Å². The summed E-state index contributed by atoms with van der Waals surface area (Å²) >= 11 is 4.79. The molecular weight excluding hydrogens is 232 g/mol. The van der Waals surface area contributed by atoms with Crippen LogP contribution in [0.1, 0.15) is 27.9 Å².